The molecule has 3 unspecified atom stereocenters. The summed E-state index contributed by atoms with van der Waals surface area (Å²) in [6.45, 7) is 11.8. The summed E-state index contributed by atoms with van der Waals surface area (Å²) in [6.07, 6.45) is 17.0. The molecule has 0 N–H and O–H groups in total. The van der Waals surface area contributed by atoms with Crippen molar-refractivity contribution >= 4 is 6.29 Å². The summed E-state index contributed by atoms with van der Waals surface area (Å²) in [5.41, 5.74) is 0. The molecular weight excluding hydrogens is 324 g/mol. The number of unbranched alkanes of at least 4 members (excludes halogenated alkanes) is 4. The van der Waals surface area contributed by atoms with E-state index in [1.165, 1.54) is 77.0 Å². The number of hydrogen-bond donors (Lipinski definition) is 0. The van der Waals surface area contributed by atoms with Gasteiger partial charge in [0.25, 0.3) is 0 Å². The lowest BCUT2D eigenvalue weighted by molar-refractivity contribution is -0.108. The van der Waals surface area contributed by atoms with Crippen molar-refractivity contribution in [1.29, 1.82) is 0 Å². The Labute approximate surface area is 163 Å². The fourth-order valence-corrected chi connectivity index (χ4v) is 3.34. The molecule has 1 heterocycles. The molecule has 0 aliphatic carbocycles. The number of ether oxygens (including phenoxy) is 2. The van der Waals surface area contributed by atoms with Crippen LogP contribution >= 0.6 is 0 Å². The zero-order chi connectivity index (χ0) is 19.5. The van der Waals surface area contributed by atoms with Crippen LogP contribution in [0.2, 0.25) is 0 Å². The van der Waals surface area contributed by atoms with Crippen LogP contribution in [0, 0.1) is 11.8 Å². The maximum Gasteiger partial charge on any atom is 0.151 e. The lowest BCUT2D eigenvalue weighted by atomic mass is 9.96. The Balaban J connectivity index is 0.00000106. The zero-order valence-electron chi connectivity index (χ0n) is 18.1. The molecule has 3 nitrogen and oxygen atoms in total. The summed E-state index contributed by atoms with van der Waals surface area (Å²) in [7, 11) is 0. The molecule has 26 heavy (non-hydrogen) atoms. The van der Waals surface area contributed by atoms with Crippen LogP contribution < -0.4 is 0 Å². The van der Waals surface area contributed by atoms with Gasteiger partial charge in [0.1, 0.15) is 6.10 Å². The Morgan fingerprint density at radius 2 is 1.27 bits per heavy atom. The lowest BCUT2D eigenvalue weighted by Gasteiger charge is -2.20. The molecule has 0 spiro atoms. The average molecular weight is 371 g/mol. The van der Waals surface area contributed by atoms with Crippen molar-refractivity contribution in [2.45, 2.75) is 111 Å². The van der Waals surface area contributed by atoms with Gasteiger partial charge in [0.05, 0.1) is 6.61 Å². The fourth-order valence-electron chi connectivity index (χ4n) is 3.34. The van der Waals surface area contributed by atoms with E-state index < -0.39 is 0 Å². The smallest absolute Gasteiger partial charge is 0.151 e. The van der Waals surface area contributed by atoms with E-state index in [0.717, 1.165) is 31.3 Å². The Morgan fingerprint density at radius 1 is 0.808 bits per heavy atom. The molecule has 0 amide bonds. The topological polar surface area (TPSA) is 38.8 Å². The standard InChI is InChI=1S/C20H42O.C3H4O2/c1-5-9-11-15-19(13-7-3)17-21-18-20(14-8-4)16-12-10-6-2;4-1-3-2-5-3/h19-20H,5-18H2,1-4H3;1,3H,2H2. The van der Waals surface area contributed by atoms with Crippen LogP contribution in [0.1, 0.15) is 105 Å². The number of carbonyl (C=O) groups excluding carboxylic acids is 1. The van der Waals surface area contributed by atoms with E-state index in [1.807, 2.05) is 0 Å². The third kappa shape index (κ3) is 17.0. The zero-order valence-corrected chi connectivity index (χ0v) is 18.1. The normalized spacial score (nSPS) is 17.9. The Kier molecular flexibility index (Phi) is 19.0. The quantitative estimate of drug-likeness (QED) is 0.165. The van der Waals surface area contributed by atoms with E-state index in [-0.39, 0.29) is 6.10 Å². The molecular formula is C23H46O3. The maximum absolute atomic E-state index is 9.44. The minimum Gasteiger partial charge on any atom is -0.381 e. The van der Waals surface area contributed by atoms with Crippen molar-refractivity contribution in [2.75, 3.05) is 19.8 Å². The summed E-state index contributed by atoms with van der Waals surface area (Å²) < 4.78 is 10.6. The Morgan fingerprint density at radius 3 is 1.54 bits per heavy atom. The fraction of sp³-hybridized carbons (Fsp3) is 0.957. The van der Waals surface area contributed by atoms with Gasteiger partial charge in [-0.3, -0.25) is 0 Å². The molecule has 1 aliphatic heterocycles. The number of carbonyl (C=O) groups is 1. The molecule has 0 aromatic heterocycles. The van der Waals surface area contributed by atoms with Crippen molar-refractivity contribution in [3.05, 3.63) is 0 Å². The summed E-state index contributed by atoms with van der Waals surface area (Å²) in [5, 5.41) is 0. The molecule has 0 saturated carbocycles. The predicted octanol–water partition coefficient (Wildman–Crippen LogP) is 6.58. The van der Waals surface area contributed by atoms with Crippen molar-refractivity contribution in [1.82, 2.24) is 0 Å². The largest absolute Gasteiger partial charge is 0.381 e. The molecule has 3 atom stereocenters. The molecule has 156 valence electrons. The van der Waals surface area contributed by atoms with Crippen LogP contribution in [0.4, 0.5) is 0 Å². The first kappa shape index (κ1) is 25.6. The Hall–Kier alpha value is -0.410. The molecule has 0 bridgehead atoms. The second-order valence-electron chi connectivity index (χ2n) is 7.85. The summed E-state index contributed by atoms with van der Waals surface area (Å²) in [6, 6.07) is 0. The first-order valence-electron chi connectivity index (χ1n) is 11.4. The van der Waals surface area contributed by atoms with E-state index in [0.29, 0.717) is 6.61 Å². The highest BCUT2D eigenvalue weighted by atomic mass is 16.6. The number of hydrogen-bond acceptors (Lipinski definition) is 3. The van der Waals surface area contributed by atoms with Crippen LogP contribution in [0.3, 0.4) is 0 Å². The van der Waals surface area contributed by atoms with Gasteiger partial charge in [-0.25, -0.2) is 0 Å². The molecule has 0 radical (unpaired) electrons. The number of aldehydes is 1. The molecule has 1 rings (SSSR count). The van der Waals surface area contributed by atoms with Crippen LogP contribution in [0.5, 0.6) is 0 Å². The molecule has 1 aliphatic rings. The van der Waals surface area contributed by atoms with Gasteiger partial charge in [-0.1, -0.05) is 79.1 Å². The van der Waals surface area contributed by atoms with Gasteiger partial charge in [-0.15, -0.1) is 0 Å². The van der Waals surface area contributed by atoms with Crippen LogP contribution in [0.15, 0.2) is 0 Å². The third-order valence-corrected chi connectivity index (χ3v) is 5.04. The minimum atomic E-state index is -0.0463. The molecule has 0 aromatic carbocycles. The third-order valence-electron chi connectivity index (χ3n) is 5.04. The van der Waals surface area contributed by atoms with Gasteiger partial charge < -0.3 is 14.3 Å². The highest BCUT2D eigenvalue weighted by Gasteiger charge is 2.20. The molecule has 3 heteroatoms. The van der Waals surface area contributed by atoms with Gasteiger partial charge in [0.15, 0.2) is 6.29 Å². The monoisotopic (exact) mass is 370 g/mol. The van der Waals surface area contributed by atoms with Crippen molar-refractivity contribution in [3.63, 3.8) is 0 Å². The van der Waals surface area contributed by atoms with Crippen LogP contribution in [0.25, 0.3) is 0 Å². The van der Waals surface area contributed by atoms with Gasteiger partial charge in [0.2, 0.25) is 0 Å². The van der Waals surface area contributed by atoms with Crippen LogP contribution in [-0.2, 0) is 14.3 Å². The van der Waals surface area contributed by atoms with E-state index in [1.54, 1.807) is 0 Å². The van der Waals surface area contributed by atoms with Gasteiger partial charge >= 0.3 is 0 Å². The average Bonchev–Trinajstić information content (AvgIpc) is 3.47. The lowest BCUT2D eigenvalue weighted by Crippen LogP contribution is -2.15. The molecule has 0 aromatic rings. The second kappa shape index (κ2) is 19.4. The first-order valence-corrected chi connectivity index (χ1v) is 11.4. The highest BCUT2D eigenvalue weighted by Crippen LogP contribution is 2.19. The summed E-state index contributed by atoms with van der Waals surface area (Å²) >= 11 is 0. The van der Waals surface area contributed by atoms with Crippen molar-refractivity contribution in [2.24, 2.45) is 11.8 Å². The second-order valence-corrected chi connectivity index (χ2v) is 7.85. The summed E-state index contributed by atoms with van der Waals surface area (Å²) in [5.74, 6) is 1.61. The summed E-state index contributed by atoms with van der Waals surface area (Å²) in [4.78, 5) is 9.44. The van der Waals surface area contributed by atoms with E-state index >= 15 is 0 Å². The van der Waals surface area contributed by atoms with E-state index in [9.17, 15) is 4.79 Å². The highest BCUT2D eigenvalue weighted by molar-refractivity contribution is 5.58. The molecule has 1 fully saturated rings. The van der Waals surface area contributed by atoms with Crippen molar-refractivity contribution < 1.29 is 14.3 Å². The van der Waals surface area contributed by atoms with E-state index in [2.05, 4.69) is 32.4 Å². The first-order chi connectivity index (χ1) is 12.7. The van der Waals surface area contributed by atoms with Crippen molar-refractivity contribution in [3.8, 4) is 0 Å². The minimum absolute atomic E-state index is 0.0463. The molecule has 1 saturated heterocycles. The Bertz CT molecular complexity index is 269. The van der Waals surface area contributed by atoms with E-state index in [4.69, 9.17) is 4.74 Å². The number of rotatable bonds is 17. The van der Waals surface area contributed by atoms with Crippen LogP contribution in [-0.4, -0.2) is 32.2 Å². The van der Waals surface area contributed by atoms with Gasteiger partial charge in [-0.2, -0.15) is 0 Å². The SMILES string of the molecule is CCCCCC(CCC)COCC(CCC)CCCCC.O=CC1CO1. The van der Waals surface area contributed by atoms with Gasteiger partial charge in [-0.05, 0) is 37.5 Å². The predicted molar refractivity (Wildman–Crippen MR) is 112 cm³/mol. The van der Waals surface area contributed by atoms with Gasteiger partial charge in [0, 0.05) is 13.2 Å². The maximum atomic E-state index is 9.44. The number of epoxide rings is 1.